The molecule has 0 saturated carbocycles. The van der Waals surface area contributed by atoms with Crippen LogP contribution < -0.4 is 14.5 Å². The van der Waals surface area contributed by atoms with Gasteiger partial charge in [-0.3, -0.25) is 9.59 Å². The van der Waals surface area contributed by atoms with Crippen LogP contribution in [0.3, 0.4) is 0 Å². The molecule has 2 aromatic carbocycles. The van der Waals surface area contributed by atoms with Gasteiger partial charge in [-0.05, 0) is 67.6 Å². The van der Waals surface area contributed by atoms with E-state index in [0.717, 1.165) is 24.3 Å². The van der Waals surface area contributed by atoms with Crippen LogP contribution in [0.1, 0.15) is 25.3 Å². The van der Waals surface area contributed by atoms with Crippen LogP contribution in [-0.4, -0.2) is 62.2 Å². The van der Waals surface area contributed by atoms with Crippen molar-refractivity contribution in [3.63, 3.8) is 0 Å². The summed E-state index contributed by atoms with van der Waals surface area (Å²) in [7, 11) is 3.89. The van der Waals surface area contributed by atoms with Crippen LogP contribution in [-0.2, 0) is 9.59 Å². The molecule has 7 heteroatoms. The normalized spacial score (nSPS) is 18.8. The van der Waals surface area contributed by atoms with Gasteiger partial charge in [-0.1, -0.05) is 12.1 Å². The Balaban J connectivity index is 1.75. The lowest BCUT2D eigenvalue weighted by Crippen LogP contribution is -2.40. The summed E-state index contributed by atoms with van der Waals surface area (Å²) in [6, 6.07) is 14.7. The molecular formula is C26H31N3O4. The Labute approximate surface area is 194 Å². The third-order valence-electron chi connectivity index (χ3n) is 6.23. The number of benzene rings is 2. The second-order valence-corrected chi connectivity index (χ2v) is 8.67. The highest BCUT2D eigenvalue weighted by molar-refractivity contribution is 6.45. The maximum atomic E-state index is 13.7. The first-order valence-electron chi connectivity index (χ1n) is 11.4. The third kappa shape index (κ3) is 4.46. The average Bonchev–Trinajstić information content (AvgIpc) is 3.09. The monoisotopic (exact) mass is 449 g/mol. The Bertz CT molecular complexity index is 1040. The molecule has 2 aliphatic rings. The molecule has 33 heavy (non-hydrogen) atoms. The zero-order chi connectivity index (χ0) is 23.5. The van der Waals surface area contributed by atoms with E-state index in [9.17, 15) is 14.7 Å². The highest BCUT2D eigenvalue weighted by Gasteiger charge is 2.43. The van der Waals surface area contributed by atoms with Gasteiger partial charge in [-0.25, -0.2) is 4.90 Å². The van der Waals surface area contributed by atoms with E-state index in [1.54, 1.807) is 12.1 Å². The van der Waals surface area contributed by atoms with Gasteiger partial charge in [0, 0.05) is 39.5 Å². The van der Waals surface area contributed by atoms with Crippen LogP contribution in [0, 0.1) is 5.92 Å². The first-order chi connectivity index (χ1) is 15.9. The predicted octanol–water partition coefficient (Wildman–Crippen LogP) is 3.14. The topological polar surface area (TPSA) is 73.3 Å². The van der Waals surface area contributed by atoms with Crippen molar-refractivity contribution in [1.29, 1.82) is 0 Å². The fourth-order valence-corrected chi connectivity index (χ4v) is 4.51. The highest BCUT2D eigenvalue weighted by atomic mass is 16.5. The Morgan fingerprint density at radius 2 is 1.73 bits per heavy atom. The lowest BCUT2D eigenvalue weighted by molar-refractivity contribution is -0.120. The fourth-order valence-electron chi connectivity index (χ4n) is 4.51. The first-order valence-corrected chi connectivity index (χ1v) is 11.4. The first kappa shape index (κ1) is 22.9. The molecule has 0 radical (unpaired) electrons. The fraction of sp³-hybridized carbons (Fsp3) is 0.385. The summed E-state index contributed by atoms with van der Waals surface area (Å²) in [4.78, 5) is 32.6. The summed E-state index contributed by atoms with van der Waals surface area (Å²) in [5, 5.41) is 9.71. The second-order valence-electron chi connectivity index (χ2n) is 8.67. The molecular weight excluding hydrogens is 418 g/mol. The van der Waals surface area contributed by atoms with Gasteiger partial charge in [-0.15, -0.1) is 0 Å². The minimum Gasteiger partial charge on any atom is -0.494 e. The number of carbonyl (C=O) groups excluding carboxylic acids is 2. The Kier molecular flexibility index (Phi) is 6.70. The lowest BCUT2D eigenvalue weighted by atomic mass is 9.97. The molecule has 7 nitrogen and oxygen atoms in total. The molecule has 1 saturated heterocycles. The van der Waals surface area contributed by atoms with Crippen molar-refractivity contribution in [2.75, 3.05) is 50.2 Å². The van der Waals surface area contributed by atoms with Crippen LogP contribution in [0.4, 0.5) is 11.4 Å². The quantitative estimate of drug-likeness (QED) is 0.655. The molecule has 1 unspecified atom stereocenters. The molecule has 4 rings (SSSR count). The summed E-state index contributed by atoms with van der Waals surface area (Å²) < 4.78 is 5.54. The van der Waals surface area contributed by atoms with Crippen molar-refractivity contribution in [2.45, 2.75) is 19.8 Å². The number of anilines is 2. The summed E-state index contributed by atoms with van der Waals surface area (Å²) in [5.41, 5.74) is 3.03. The molecule has 174 valence electrons. The van der Waals surface area contributed by atoms with Crippen LogP contribution in [0.25, 0.3) is 5.57 Å². The van der Waals surface area contributed by atoms with Crippen molar-refractivity contribution in [2.24, 2.45) is 5.92 Å². The van der Waals surface area contributed by atoms with E-state index in [-0.39, 0.29) is 24.3 Å². The van der Waals surface area contributed by atoms with Crippen molar-refractivity contribution in [1.82, 2.24) is 4.90 Å². The number of piperidine rings is 1. The van der Waals surface area contributed by atoms with Gasteiger partial charge in [0.1, 0.15) is 11.4 Å². The van der Waals surface area contributed by atoms with E-state index < -0.39 is 0 Å². The summed E-state index contributed by atoms with van der Waals surface area (Å²) in [6.45, 7) is 3.77. The van der Waals surface area contributed by atoms with E-state index >= 15 is 0 Å². The smallest absolute Gasteiger partial charge is 0.282 e. The van der Waals surface area contributed by atoms with E-state index in [1.807, 2.05) is 67.2 Å². The van der Waals surface area contributed by atoms with Crippen LogP contribution >= 0.6 is 0 Å². The van der Waals surface area contributed by atoms with Crippen molar-refractivity contribution >= 4 is 28.8 Å². The van der Waals surface area contributed by atoms with Crippen LogP contribution in [0.2, 0.25) is 0 Å². The minimum absolute atomic E-state index is 0.0695. The van der Waals surface area contributed by atoms with E-state index in [0.29, 0.717) is 42.2 Å². The van der Waals surface area contributed by atoms with Crippen LogP contribution in [0.15, 0.2) is 54.2 Å². The molecule has 2 aliphatic heterocycles. The van der Waals surface area contributed by atoms with Gasteiger partial charge in [0.25, 0.3) is 11.8 Å². The minimum atomic E-state index is -0.331. The average molecular weight is 450 g/mol. The molecule has 0 aromatic heterocycles. The maximum absolute atomic E-state index is 13.7. The molecule has 0 aliphatic carbocycles. The number of carbonyl (C=O) groups is 2. The molecule has 1 N–H and O–H groups in total. The third-order valence-corrected chi connectivity index (χ3v) is 6.23. The SMILES string of the molecule is CCOc1ccc(C2=C(N3CCCC(CO)C3)C(=O)N(c3ccc(N(C)C)cc3)C2=O)cc1. The van der Waals surface area contributed by atoms with Crippen molar-refractivity contribution in [3.8, 4) is 5.75 Å². The van der Waals surface area contributed by atoms with Gasteiger partial charge >= 0.3 is 0 Å². The number of nitrogens with zero attached hydrogens (tertiary/aromatic N) is 3. The lowest BCUT2D eigenvalue weighted by Gasteiger charge is -2.34. The van der Waals surface area contributed by atoms with E-state index in [1.165, 1.54) is 4.90 Å². The van der Waals surface area contributed by atoms with Crippen molar-refractivity contribution < 1.29 is 19.4 Å². The number of rotatable bonds is 7. The Morgan fingerprint density at radius 3 is 2.33 bits per heavy atom. The van der Waals surface area contributed by atoms with Crippen LogP contribution in [0.5, 0.6) is 5.75 Å². The number of aliphatic hydroxyl groups excluding tert-OH is 1. The largest absolute Gasteiger partial charge is 0.494 e. The number of imide groups is 1. The summed E-state index contributed by atoms with van der Waals surface area (Å²) in [5.74, 6) is 0.154. The van der Waals surface area contributed by atoms with Crippen molar-refractivity contribution in [3.05, 3.63) is 59.8 Å². The summed E-state index contributed by atoms with van der Waals surface area (Å²) >= 11 is 0. The second kappa shape index (κ2) is 9.67. The maximum Gasteiger partial charge on any atom is 0.282 e. The van der Waals surface area contributed by atoms with E-state index in [2.05, 4.69) is 0 Å². The van der Waals surface area contributed by atoms with Gasteiger partial charge in [-0.2, -0.15) is 0 Å². The standard InChI is InChI=1S/C26H31N3O4/c1-4-33-22-13-7-19(8-14-22)23-24(28-15-5-6-18(16-28)17-30)26(32)29(25(23)31)21-11-9-20(10-12-21)27(2)3/h7-14,18,30H,4-6,15-17H2,1-3H3. The number of likely N-dealkylation sites (tertiary alicyclic amines) is 1. The zero-order valence-electron chi connectivity index (χ0n) is 19.5. The molecule has 1 atom stereocenters. The predicted molar refractivity (Wildman–Crippen MR) is 129 cm³/mol. The zero-order valence-corrected chi connectivity index (χ0v) is 19.5. The molecule has 1 fully saturated rings. The highest BCUT2D eigenvalue weighted by Crippen LogP contribution is 2.37. The molecule has 2 heterocycles. The molecule has 0 bridgehead atoms. The van der Waals surface area contributed by atoms with Gasteiger partial charge in [0.05, 0.1) is 17.9 Å². The number of hydrogen-bond donors (Lipinski definition) is 1. The number of aliphatic hydroxyl groups is 1. The number of amides is 2. The Hall–Kier alpha value is -3.32. The molecule has 0 spiro atoms. The number of ether oxygens (including phenoxy) is 1. The molecule has 2 amide bonds. The summed E-state index contributed by atoms with van der Waals surface area (Å²) in [6.07, 6.45) is 1.78. The number of hydrogen-bond acceptors (Lipinski definition) is 6. The molecule has 2 aromatic rings. The van der Waals surface area contributed by atoms with Gasteiger partial charge in [0.15, 0.2) is 0 Å². The Morgan fingerprint density at radius 1 is 1.03 bits per heavy atom. The van der Waals surface area contributed by atoms with E-state index in [4.69, 9.17) is 4.74 Å². The van der Waals surface area contributed by atoms with Gasteiger partial charge < -0.3 is 19.6 Å². The van der Waals surface area contributed by atoms with Gasteiger partial charge in [0.2, 0.25) is 0 Å².